The van der Waals surface area contributed by atoms with E-state index in [9.17, 15) is 9.59 Å². The van der Waals surface area contributed by atoms with Gasteiger partial charge in [0.1, 0.15) is 4.88 Å². The Hall–Kier alpha value is -1.36. The van der Waals surface area contributed by atoms with E-state index in [1.807, 2.05) is 0 Å². The monoisotopic (exact) mass is 283 g/mol. The SMILES string of the molecule is CCCCCCCC(=O)Nc1c(C)csc1C(=O)O. The second-order valence-corrected chi connectivity index (χ2v) is 5.52. The highest BCUT2D eigenvalue weighted by atomic mass is 32.1. The minimum Gasteiger partial charge on any atom is -0.477 e. The smallest absolute Gasteiger partial charge is 0.348 e. The first-order valence-electron chi connectivity index (χ1n) is 6.67. The molecule has 0 spiro atoms. The summed E-state index contributed by atoms with van der Waals surface area (Å²) in [6.45, 7) is 3.96. The largest absolute Gasteiger partial charge is 0.477 e. The number of nitrogens with one attached hydrogen (secondary N) is 1. The zero-order chi connectivity index (χ0) is 14.3. The van der Waals surface area contributed by atoms with Gasteiger partial charge in [0.15, 0.2) is 0 Å². The summed E-state index contributed by atoms with van der Waals surface area (Å²) in [7, 11) is 0. The van der Waals surface area contributed by atoms with Crippen molar-refractivity contribution in [3.05, 3.63) is 15.8 Å². The lowest BCUT2D eigenvalue weighted by Crippen LogP contribution is -2.13. The van der Waals surface area contributed by atoms with E-state index in [4.69, 9.17) is 5.11 Å². The maximum atomic E-state index is 11.8. The molecule has 1 amide bonds. The van der Waals surface area contributed by atoms with Crippen molar-refractivity contribution in [1.82, 2.24) is 0 Å². The molecule has 0 saturated heterocycles. The number of aryl methyl sites for hydroxylation is 1. The van der Waals surface area contributed by atoms with Gasteiger partial charge in [-0.05, 0) is 24.3 Å². The van der Waals surface area contributed by atoms with Gasteiger partial charge in [-0.2, -0.15) is 0 Å². The van der Waals surface area contributed by atoms with Gasteiger partial charge in [0.25, 0.3) is 0 Å². The summed E-state index contributed by atoms with van der Waals surface area (Å²) in [6.07, 6.45) is 5.91. The van der Waals surface area contributed by atoms with E-state index >= 15 is 0 Å². The van der Waals surface area contributed by atoms with Crippen LogP contribution in [0.25, 0.3) is 0 Å². The van der Waals surface area contributed by atoms with E-state index in [-0.39, 0.29) is 10.8 Å². The van der Waals surface area contributed by atoms with E-state index in [1.165, 1.54) is 12.8 Å². The molecule has 0 unspecified atom stereocenters. The number of carboxylic acid groups (broad SMARTS) is 1. The van der Waals surface area contributed by atoms with E-state index in [0.717, 1.165) is 36.2 Å². The molecular formula is C14H21NO3S. The zero-order valence-corrected chi connectivity index (χ0v) is 12.3. The molecule has 0 aliphatic carbocycles. The van der Waals surface area contributed by atoms with Crippen molar-refractivity contribution in [2.24, 2.45) is 0 Å². The number of rotatable bonds is 8. The van der Waals surface area contributed by atoms with E-state index in [1.54, 1.807) is 12.3 Å². The van der Waals surface area contributed by atoms with Crippen LogP contribution in [-0.4, -0.2) is 17.0 Å². The molecule has 1 aromatic rings. The van der Waals surface area contributed by atoms with Crippen LogP contribution in [0.15, 0.2) is 5.38 Å². The van der Waals surface area contributed by atoms with Gasteiger partial charge in [-0.3, -0.25) is 4.79 Å². The Labute approximate surface area is 117 Å². The summed E-state index contributed by atoms with van der Waals surface area (Å²) in [5.41, 5.74) is 1.26. The van der Waals surface area contributed by atoms with Gasteiger partial charge in [0, 0.05) is 6.42 Å². The molecule has 0 aliphatic heterocycles. The van der Waals surface area contributed by atoms with Crippen LogP contribution in [0, 0.1) is 6.92 Å². The second kappa shape index (κ2) is 7.94. The third kappa shape index (κ3) is 5.03. The molecule has 5 heteroatoms. The van der Waals surface area contributed by atoms with Crippen LogP contribution in [0.3, 0.4) is 0 Å². The molecule has 0 saturated carbocycles. The molecular weight excluding hydrogens is 262 g/mol. The number of amides is 1. The summed E-state index contributed by atoms with van der Waals surface area (Å²) >= 11 is 1.15. The van der Waals surface area contributed by atoms with E-state index in [0.29, 0.717) is 12.1 Å². The molecule has 0 radical (unpaired) electrons. The van der Waals surface area contributed by atoms with Gasteiger partial charge >= 0.3 is 5.97 Å². The van der Waals surface area contributed by atoms with Crippen molar-refractivity contribution in [3.8, 4) is 0 Å². The summed E-state index contributed by atoms with van der Waals surface area (Å²) < 4.78 is 0. The fourth-order valence-corrected chi connectivity index (χ4v) is 2.69. The first-order valence-corrected chi connectivity index (χ1v) is 7.55. The van der Waals surface area contributed by atoms with Crippen LogP contribution in [-0.2, 0) is 4.79 Å². The minimum absolute atomic E-state index is 0.0968. The second-order valence-electron chi connectivity index (χ2n) is 4.64. The number of hydrogen-bond donors (Lipinski definition) is 2. The first kappa shape index (κ1) is 15.7. The van der Waals surface area contributed by atoms with Crippen LogP contribution >= 0.6 is 11.3 Å². The van der Waals surface area contributed by atoms with Gasteiger partial charge < -0.3 is 10.4 Å². The Bertz CT molecular complexity index is 440. The van der Waals surface area contributed by atoms with E-state index in [2.05, 4.69) is 12.2 Å². The zero-order valence-electron chi connectivity index (χ0n) is 11.5. The Morgan fingerprint density at radius 2 is 1.95 bits per heavy atom. The van der Waals surface area contributed by atoms with Crippen LogP contribution in [0.5, 0.6) is 0 Å². The number of carbonyl (C=O) groups excluding carboxylic acids is 1. The normalized spacial score (nSPS) is 10.4. The maximum absolute atomic E-state index is 11.8. The van der Waals surface area contributed by atoms with Crippen LogP contribution in [0.1, 0.15) is 60.7 Å². The minimum atomic E-state index is -0.989. The van der Waals surface area contributed by atoms with Crippen LogP contribution in [0.4, 0.5) is 5.69 Å². The quantitative estimate of drug-likeness (QED) is 0.707. The molecule has 1 aromatic heterocycles. The Morgan fingerprint density at radius 1 is 1.26 bits per heavy atom. The van der Waals surface area contributed by atoms with E-state index < -0.39 is 5.97 Å². The topological polar surface area (TPSA) is 66.4 Å². The molecule has 0 bridgehead atoms. The summed E-state index contributed by atoms with van der Waals surface area (Å²) in [4.78, 5) is 23.0. The number of anilines is 1. The Balaban J connectivity index is 2.44. The van der Waals surface area contributed by atoms with Crippen molar-refractivity contribution >= 4 is 28.9 Å². The number of unbranched alkanes of at least 4 members (excludes halogenated alkanes) is 4. The third-order valence-corrected chi connectivity index (χ3v) is 4.03. The molecule has 19 heavy (non-hydrogen) atoms. The highest BCUT2D eigenvalue weighted by molar-refractivity contribution is 7.12. The molecule has 0 aromatic carbocycles. The molecule has 2 N–H and O–H groups in total. The number of carboxylic acids is 1. The highest BCUT2D eigenvalue weighted by Gasteiger charge is 2.16. The van der Waals surface area contributed by atoms with Crippen molar-refractivity contribution in [1.29, 1.82) is 0 Å². The lowest BCUT2D eigenvalue weighted by Gasteiger charge is -2.06. The van der Waals surface area contributed by atoms with Gasteiger partial charge in [-0.15, -0.1) is 11.3 Å². The summed E-state index contributed by atoms with van der Waals surface area (Å²) in [5, 5.41) is 13.5. The van der Waals surface area contributed by atoms with Crippen LogP contribution in [0.2, 0.25) is 0 Å². The van der Waals surface area contributed by atoms with Crippen molar-refractivity contribution < 1.29 is 14.7 Å². The predicted octanol–water partition coefficient (Wildman–Crippen LogP) is 4.05. The highest BCUT2D eigenvalue weighted by Crippen LogP contribution is 2.27. The van der Waals surface area contributed by atoms with Gasteiger partial charge in [-0.25, -0.2) is 4.79 Å². The lowest BCUT2D eigenvalue weighted by atomic mass is 10.1. The van der Waals surface area contributed by atoms with Crippen molar-refractivity contribution in [2.45, 2.75) is 52.4 Å². The first-order chi connectivity index (χ1) is 9.06. The number of carbonyl (C=O) groups is 2. The average molecular weight is 283 g/mol. The number of thiophene rings is 1. The standard InChI is InChI=1S/C14H21NO3S/c1-3-4-5-6-7-8-11(16)15-12-10(2)9-19-13(12)14(17)18/h9H,3-8H2,1-2H3,(H,15,16)(H,17,18). The maximum Gasteiger partial charge on any atom is 0.348 e. The molecule has 1 rings (SSSR count). The lowest BCUT2D eigenvalue weighted by molar-refractivity contribution is -0.116. The molecule has 0 fully saturated rings. The summed E-state index contributed by atoms with van der Waals surface area (Å²) in [5.74, 6) is -1.09. The van der Waals surface area contributed by atoms with Crippen molar-refractivity contribution in [2.75, 3.05) is 5.32 Å². The van der Waals surface area contributed by atoms with Gasteiger partial charge in [-0.1, -0.05) is 32.6 Å². The third-order valence-electron chi connectivity index (χ3n) is 2.94. The molecule has 106 valence electrons. The molecule has 4 nitrogen and oxygen atoms in total. The van der Waals surface area contributed by atoms with Gasteiger partial charge in [0.05, 0.1) is 5.69 Å². The average Bonchev–Trinajstić information content (AvgIpc) is 2.71. The van der Waals surface area contributed by atoms with Gasteiger partial charge in [0.2, 0.25) is 5.91 Å². The summed E-state index contributed by atoms with van der Waals surface area (Å²) in [6, 6.07) is 0. The fraction of sp³-hybridized carbons (Fsp3) is 0.571. The number of aromatic carboxylic acids is 1. The Morgan fingerprint density at radius 3 is 2.58 bits per heavy atom. The predicted molar refractivity (Wildman–Crippen MR) is 78.0 cm³/mol. The molecule has 0 atom stereocenters. The fourth-order valence-electron chi connectivity index (χ4n) is 1.85. The number of hydrogen-bond acceptors (Lipinski definition) is 3. The van der Waals surface area contributed by atoms with Crippen LogP contribution < -0.4 is 5.32 Å². The Kier molecular flexibility index (Phi) is 6.56. The molecule has 1 heterocycles. The van der Waals surface area contributed by atoms with Crippen molar-refractivity contribution in [3.63, 3.8) is 0 Å². The molecule has 0 aliphatic rings.